The minimum atomic E-state index is -3.91. The lowest BCUT2D eigenvalue weighted by Gasteiger charge is -2.16. The molecule has 2 aromatic carbocycles. The zero-order chi connectivity index (χ0) is 22.6. The van der Waals surface area contributed by atoms with E-state index in [-0.39, 0.29) is 15.9 Å². The van der Waals surface area contributed by atoms with E-state index in [2.05, 4.69) is 20.8 Å². The van der Waals surface area contributed by atoms with E-state index in [1.807, 2.05) is 6.07 Å². The van der Waals surface area contributed by atoms with Crippen molar-refractivity contribution in [2.24, 2.45) is 0 Å². The summed E-state index contributed by atoms with van der Waals surface area (Å²) < 4.78 is 26.3. The van der Waals surface area contributed by atoms with Gasteiger partial charge in [-0.25, -0.2) is 8.42 Å². The van der Waals surface area contributed by atoms with Crippen LogP contribution in [0.15, 0.2) is 53.4 Å². The van der Waals surface area contributed by atoms with E-state index >= 15 is 0 Å². The first kappa shape index (κ1) is 22.8. The number of likely N-dealkylation sites (N-methyl/N-ethyl adjacent to an activating group) is 1. The molecule has 12 heteroatoms. The van der Waals surface area contributed by atoms with Crippen molar-refractivity contribution in [1.29, 1.82) is 0 Å². The van der Waals surface area contributed by atoms with E-state index < -0.39 is 22.5 Å². The van der Waals surface area contributed by atoms with Gasteiger partial charge in [-0.1, -0.05) is 41.1 Å². The Morgan fingerprint density at radius 3 is 2.39 bits per heavy atom. The Bertz CT molecular complexity index is 1210. The monoisotopic (exact) mass is 479 g/mol. The molecule has 0 saturated carbocycles. The Morgan fingerprint density at radius 1 is 1.06 bits per heavy atom. The third-order valence-corrected chi connectivity index (χ3v) is 7.04. The maximum Gasteiger partial charge on any atom is 0.243 e. The molecule has 2 N–H and O–H groups in total. The van der Waals surface area contributed by atoms with Crippen molar-refractivity contribution in [2.45, 2.75) is 11.8 Å². The fourth-order valence-corrected chi connectivity index (χ4v) is 4.76. The molecule has 0 aliphatic heterocycles. The largest absolute Gasteiger partial charge is 0.326 e. The summed E-state index contributed by atoms with van der Waals surface area (Å²) in [5.74, 6) is -0.832. The summed E-state index contributed by atoms with van der Waals surface area (Å²) in [6, 6.07) is 12.8. The fourth-order valence-electron chi connectivity index (χ4n) is 2.56. The van der Waals surface area contributed by atoms with Crippen LogP contribution in [0.5, 0.6) is 0 Å². The number of carbonyl (C=O) groups is 2. The third-order valence-electron chi connectivity index (χ3n) is 4.02. The lowest BCUT2D eigenvalue weighted by molar-refractivity contribution is -0.116. The molecule has 0 radical (unpaired) electrons. The topological polar surface area (TPSA) is 121 Å². The third kappa shape index (κ3) is 5.64. The lowest BCUT2D eigenvalue weighted by atomic mass is 10.2. The molecule has 9 nitrogen and oxygen atoms in total. The van der Waals surface area contributed by atoms with Crippen molar-refractivity contribution in [3.63, 3.8) is 0 Å². The molecule has 0 aliphatic carbocycles. The van der Waals surface area contributed by atoms with Crippen LogP contribution in [0.4, 0.5) is 10.8 Å². The second-order valence-electron chi connectivity index (χ2n) is 6.41. The van der Waals surface area contributed by atoms with Crippen LogP contribution in [0.2, 0.25) is 5.02 Å². The summed E-state index contributed by atoms with van der Waals surface area (Å²) in [7, 11) is -2.61. The number of halogens is 1. The van der Waals surface area contributed by atoms with E-state index in [1.54, 1.807) is 18.2 Å². The molecule has 2 amide bonds. The minimum absolute atomic E-state index is 0.00572. The van der Waals surface area contributed by atoms with Crippen LogP contribution in [0.25, 0.3) is 10.6 Å². The first-order valence-electron chi connectivity index (χ1n) is 8.89. The van der Waals surface area contributed by atoms with Gasteiger partial charge in [0.2, 0.25) is 27.0 Å². The van der Waals surface area contributed by atoms with Crippen molar-refractivity contribution in [1.82, 2.24) is 14.5 Å². The lowest BCUT2D eigenvalue weighted by Crippen LogP contribution is -2.34. The van der Waals surface area contributed by atoms with Crippen molar-refractivity contribution < 1.29 is 18.0 Å². The van der Waals surface area contributed by atoms with Crippen molar-refractivity contribution in [3.05, 3.63) is 53.6 Å². The van der Waals surface area contributed by atoms with Crippen LogP contribution < -0.4 is 10.6 Å². The molecular weight excluding hydrogens is 462 g/mol. The Balaban J connectivity index is 1.65. The fraction of sp³-hybridized carbons (Fsp3) is 0.158. The summed E-state index contributed by atoms with van der Waals surface area (Å²) >= 11 is 7.27. The van der Waals surface area contributed by atoms with Crippen LogP contribution in [0.1, 0.15) is 6.92 Å². The number of benzene rings is 2. The van der Waals surface area contributed by atoms with Gasteiger partial charge < -0.3 is 5.32 Å². The molecule has 31 heavy (non-hydrogen) atoms. The number of rotatable bonds is 7. The molecule has 162 valence electrons. The van der Waals surface area contributed by atoms with Gasteiger partial charge in [0, 0.05) is 25.2 Å². The van der Waals surface area contributed by atoms with Gasteiger partial charge in [-0.15, -0.1) is 10.2 Å². The Morgan fingerprint density at radius 2 is 1.74 bits per heavy atom. The first-order chi connectivity index (χ1) is 14.7. The minimum Gasteiger partial charge on any atom is -0.326 e. The van der Waals surface area contributed by atoms with Crippen LogP contribution in [-0.4, -0.2) is 48.3 Å². The van der Waals surface area contributed by atoms with E-state index in [9.17, 15) is 18.0 Å². The molecule has 3 rings (SSSR count). The zero-order valence-electron chi connectivity index (χ0n) is 16.5. The number of carbonyl (C=O) groups excluding carboxylic acids is 2. The standard InChI is InChI=1S/C19H18ClN5O4S2/c1-12(26)21-13-7-9-14(10-8-13)31(28,29)25(2)11-17(27)22-19-24-23-18(30-19)15-5-3-4-6-16(15)20/h3-10H,11H2,1-2H3,(H,21,26)(H,22,24,27). The van der Waals surface area contributed by atoms with Crippen LogP contribution in [-0.2, 0) is 19.6 Å². The highest BCUT2D eigenvalue weighted by atomic mass is 35.5. The van der Waals surface area contributed by atoms with Gasteiger partial charge in [0.15, 0.2) is 5.01 Å². The molecule has 1 aromatic heterocycles. The highest BCUT2D eigenvalue weighted by Gasteiger charge is 2.23. The van der Waals surface area contributed by atoms with E-state index in [1.165, 1.54) is 38.2 Å². The van der Waals surface area contributed by atoms with E-state index in [0.717, 1.165) is 15.6 Å². The highest BCUT2D eigenvalue weighted by molar-refractivity contribution is 7.89. The Labute approximate surface area is 188 Å². The summed E-state index contributed by atoms with van der Waals surface area (Å²) in [6.07, 6.45) is 0. The van der Waals surface area contributed by atoms with Gasteiger partial charge in [0.1, 0.15) is 0 Å². The van der Waals surface area contributed by atoms with Gasteiger partial charge in [0.25, 0.3) is 0 Å². The molecule has 0 saturated heterocycles. The van der Waals surface area contributed by atoms with Crippen molar-refractivity contribution >= 4 is 55.6 Å². The second-order valence-corrected chi connectivity index (χ2v) is 9.84. The molecule has 3 aromatic rings. The number of sulfonamides is 1. The molecule has 0 atom stereocenters. The second kappa shape index (κ2) is 9.52. The molecule has 0 bridgehead atoms. The predicted molar refractivity (Wildman–Crippen MR) is 120 cm³/mol. The van der Waals surface area contributed by atoms with Crippen LogP contribution in [0, 0.1) is 0 Å². The summed E-state index contributed by atoms with van der Waals surface area (Å²) in [6.45, 7) is 0.934. The SMILES string of the molecule is CC(=O)Nc1ccc(S(=O)(=O)N(C)CC(=O)Nc2nnc(-c3ccccc3Cl)s2)cc1. The van der Waals surface area contributed by atoms with Crippen LogP contribution >= 0.6 is 22.9 Å². The molecular formula is C19H18ClN5O4S2. The van der Waals surface area contributed by atoms with E-state index in [0.29, 0.717) is 21.3 Å². The van der Waals surface area contributed by atoms with Gasteiger partial charge >= 0.3 is 0 Å². The number of hydrogen-bond acceptors (Lipinski definition) is 7. The molecule has 1 heterocycles. The Kier molecular flexibility index (Phi) is 7.01. The quantitative estimate of drug-likeness (QED) is 0.537. The smallest absolute Gasteiger partial charge is 0.243 e. The zero-order valence-corrected chi connectivity index (χ0v) is 18.9. The average Bonchev–Trinajstić information content (AvgIpc) is 3.16. The maximum atomic E-state index is 12.7. The van der Waals surface area contributed by atoms with Crippen molar-refractivity contribution in [2.75, 3.05) is 24.2 Å². The summed E-state index contributed by atoms with van der Waals surface area (Å²) in [5, 5.41) is 14.3. The van der Waals surface area contributed by atoms with Gasteiger partial charge in [-0.3, -0.25) is 14.9 Å². The highest BCUT2D eigenvalue weighted by Crippen LogP contribution is 2.31. The normalized spacial score (nSPS) is 11.4. The van der Waals surface area contributed by atoms with Gasteiger partial charge in [0.05, 0.1) is 16.5 Å². The summed E-state index contributed by atoms with van der Waals surface area (Å²) in [5.41, 5.74) is 1.15. The molecule has 0 spiro atoms. The number of nitrogens with one attached hydrogen (secondary N) is 2. The molecule has 0 aliphatic rings. The molecule has 0 unspecified atom stereocenters. The van der Waals surface area contributed by atoms with Crippen LogP contribution in [0.3, 0.4) is 0 Å². The number of anilines is 2. The number of hydrogen-bond donors (Lipinski definition) is 2. The average molecular weight is 480 g/mol. The Hall–Kier alpha value is -2.86. The van der Waals surface area contributed by atoms with Crippen molar-refractivity contribution in [3.8, 4) is 10.6 Å². The van der Waals surface area contributed by atoms with Gasteiger partial charge in [-0.05, 0) is 30.3 Å². The van der Waals surface area contributed by atoms with Gasteiger partial charge in [-0.2, -0.15) is 4.31 Å². The number of aromatic nitrogens is 2. The first-order valence-corrected chi connectivity index (χ1v) is 11.5. The number of nitrogens with zero attached hydrogens (tertiary/aromatic N) is 3. The number of amides is 2. The molecule has 0 fully saturated rings. The maximum absolute atomic E-state index is 12.7. The van der Waals surface area contributed by atoms with E-state index in [4.69, 9.17) is 11.6 Å². The summed E-state index contributed by atoms with van der Waals surface area (Å²) in [4.78, 5) is 23.4. The predicted octanol–water partition coefficient (Wildman–Crippen LogP) is 3.08.